The first-order chi connectivity index (χ1) is 13.6. The molecule has 3 rings (SSSR count). The Morgan fingerprint density at radius 1 is 1.25 bits per heavy atom. The Bertz CT molecular complexity index is 950. The number of nitriles is 1. The zero-order chi connectivity index (χ0) is 19.9. The number of nitro groups is 1. The van der Waals surface area contributed by atoms with Gasteiger partial charge in [0.1, 0.15) is 24.4 Å². The summed E-state index contributed by atoms with van der Waals surface area (Å²) in [5.74, 6) is 0.686. The predicted molar refractivity (Wildman–Crippen MR) is 99.8 cm³/mol. The highest BCUT2D eigenvalue weighted by Crippen LogP contribution is 2.30. The van der Waals surface area contributed by atoms with Crippen molar-refractivity contribution in [2.24, 2.45) is 0 Å². The molecule has 1 unspecified atom stereocenters. The van der Waals surface area contributed by atoms with Gasteiger partial charge in [0.25, 0.3) is 11.6 Å². The average Bonchev–Trinajstić information content (AvgIpc) is 2.71. The van der Waals surface area contributed by atoms with Crippen LogP contribution in [0, 0.1) is 21.4 Å². The fourth-order valence-corrected chi connectivity index (χ4v) is 2.47. The van der Waals surface area contributed by atoms with Crippen molar-refractivity contribution >= 4 is 17.3 Å². The van der Waals surface area contributed by atoms with Crippen molar-refractivity contribution < 1.29 is 19.2 Å². The van der Waals surface area contributed by atoms with Gasteiger partial charge in [0.15, 0.2) is 11.5 Å². The van der Waals surface area contributed by atoms with Crippen LogP contribution in [0.4, 0.5) is 11.4 Å². The zero-order valence-electron chi connectivity index (χ0n) is 14.6. The largest absolute Gasteiger partial charge is 0.486 e. The van der Waals surface area contributed by atoms with Gasteiger partial charge in [-0.3, -0.25) is 14.9 Å². The maximum Gasteiger partial charge on any atom is 0.269 e. The molecular formula is C19H16N4O5. The van der Waals surface area contributed by atoms with Crippen LogP contribution in [0.2, 0.25) is 0 Å². The third-order valence-corrected chi connectivity index (χ3v) is 3.86. The van der Waals surface area contributed by atoms with Gasteiger partial charge in [-0.1, -0.05) is 12.1 Å². The van der Waals surface area contributed by atoms with E-state index in [1.54, 1.807) is 6.07 Å². The molecule has 1 amide bonds. The van der Waals surface area contributed by atoms with Crippen molar-refractivity contribution in [1.82, 2.24) is 5.32 Å². The summed E-state index contributed by atoms with van der Waals surface area (Å²) in [6.45, 7) is 0.680. The molecule has 1 heterocycles. The summed E-state index contributed by atoms with van der Waals surface area (Å²) < 4.78 is 11.4. The molecule has 1 atom stereocenters. The lowest BCUT2D eigenvalue weighted by molar-refractivity contribution is -0.384. The third kappa shape index (κ3) is 4.56. The SMILES string of the molecule is N#C/C(=C/NCC1COc2ccccc2O1)C(=O)Nc1ccc([N+](=O)[O-])cc1. The van der Waals surface area contributed by atoms with Crippen LogP contribution in [0.5, 0.6) is 11.5 Å². The third-order valence-electron chi connectivity index (χ3n) is 3.86. The lowest BCUT2D eigenvalue weighted by Crippen LogP contribution is -2.37. The van der Waals surface area contributed by atoms with E-state index in [0.717, 1.165) is 0 Å². The summed E-state index contributed by atoms with van der Waals surface area (Å²) in [7, 11) is 0. The number of nitrogens with one attached hydrogen (secondary N) is 2. The van der Waals surface area contributed by atoms with Crippen molar-refractivity contribution in [3.63, 3.8) is 0 Å². The first-order valence-electron chi connectivity index (χ1n) is 8.35. The zero-order valence-corrected chi connectivity index (χ0v) is 14.6. The number of non-ortho nitro benzene ring substituents is 1. The van der Waals surface area contributed by atoms with Crippen LogP contribution in [0.3, 0.4) is 0 Å². The second kappa shape index (κ2) is 8.55. The summed E-state index contributed by atoms with van der Waals surface area (Å²) in [6.07, 6.45) is 1.02. The number of nitro benzene ring substituents is 1. The highest BCUT2D eigenvalue weighted by molar-refractivity contribution is 6.06. The van der Waals surface area contributed by atoms with Crippen molar-refractivity contribution in [3.8, 4) is 17.6 Å². The minimum absolute atomic E-state index is 0.0908. The molecule has 1 aliphatic rings. The monoisotopic (exact) mass is 380 g/mol. The number of ether oxygens (including phenoxy) is 2. The molecule has 0 fully saturated rings. The van der Waals surface area contributed by atoms with Gasteiger partial charge in [-0.25, -0.2) is 0 Å². The van der Waals surface area contributed by atoms with Gasteiger partial charge in [0, 0.05) is 24.0 Å². The highest BCUT2D eigenvalue weighted by atomic mass is 16.6. The number of carbonyl (C=O) groups excluding carboxylic acids is 1. The molecule has 0 aromatic heterocycles. The molecule has 1 aliphatic heterocycles. The van der Waals surface area contributed by atoms with Gasteiger partial charge in [0.05, 0.1) is 11.5 Å². The predicted octanol–water partition coefficient (Wildman–Crippen LogP) is 2.37. The van der Waals surface area contributed by atoms with Gasteiger partial charge < -0.3 is 20.1 Å². The molecule has 0 aliphatic carbocycles. The lowest BCUT2D eigenvalue weighted by atomic mass is 10.2. The van der Waals surface area contributed by atoms with Crippen LogP contribution >= 0.6 is 0 Å². The molecule has 0 spiro atoms. The Morgan fingerprint density at radius 2 is 1.96 bits per heavy atom. The van der Waals surface area contributed by atoms with Gasteiger partial charge in [-0.15, -0.1) is 0 Å². The van der Waals surface area contributed by atoms with Crippen molar-refractivity contribution in [1.29, 1.82) is 5.26 Å². The fourth-order valence-electron chi connectivity index (χ4n) is 2.47. The number of anilines is 1. The molecule has 0 radical (unpaired) electrons. The Kier molecular flexibility index (Phi) is 5.72. The minimum atomic E-state index is -0.630. The van der Waals surface area contributed by atoms with Gasteiger partial charge in [0.2, 0.25) is 0 Å². The van der Waals surface area contributed by atoms with Gasteiger partial charge in [-0.05, 0) is 24.3 Å². The lowest BCUT2D eigenvalue weighted by Gasteiger charge is -2.26. The van der Waals surface area contributed by atoms with E-state index >= 15 is 0 Å². The number of rotatable bonds is 6. The first-order valence-corrected chi connectivity index (χ1v) is 8.35. The van der Waals surface area contributed by atoms with Crippen LogP contribution < -0.4 is 20.1 Å². The Labute approximate surface area is 160 Å². The summed E-state index contributed by atoms with van der Waals surface area (Å²) in [5.41, 5.74) is 0.111. The molecule has 9 nitrogen and oxygen atoms in total. The summed E-state index contributed by atoms with van der Waals surface area (Å²) >= 11 is 0. The smallest absolute Gasteiger partial charge is 0.269 e. The number of hydrogen-bond acceptors (Lipinski definition) is 7. The molecule has 142 valence electrons. The Hall–Kier alpha value is -4.06. The van der Waals surface area contributed by atoms with Crippen LogP contribution in [0.1, 0.15) is 0 Å². The summed E-state index contributed by atoms with van der Waals surface area (Å²) in [4.78, 5) is 22.3. The number of fused-ring (bicyclic) bond motifs is 1. The minimum Gasteiger partial charge on any atom is -0.486 e. The van der Waals surface area contributed by atoms with Crippen molar-refractivity contribution in [2.75, 3.05) is 18.5 Å². The average molecular weight is 380 g/mol. The molecule has 0 saturated carbocycles. The molecular weight excluding hydrogens is 364 g/mol. The van der Waals surface area contributed by atoms with Crippen LogP contribution in [0.25, 0.3) is 0 Å². The molecule has 2 aromatic rings. The number of hydrogen-bond donors (Lipinski definition) is 2. The van der Waals surface area contributed by atoms with Gasteiger partial charge >= 0.3 is 0 Å². The van der Waals surface area contributed by atoms with E-state index in [-0.39, 0.29) is 17.4 Å². The Balaban J connectivity index is 1.54. The summed E-state index contributed by atoms with van der Waals surface area (Å²) in [5, 5.41) is 25.2. The van der Waals surface area contributed by atoms with Crippen molar-refractivity contribution in [2.45, 2.75) is 6.10 Å². The van der Waals surface area contributed by atoms with Crippen LogP contribution in [-0.4, -0.2) is 30.1 Å². The van der Waals surface area contributed by atoms with Crippen LogP contribution in [0.15, 0.2) is 60.3 Å². The van der Waals surface area contributed by atoms with Gasteiger partial charge in [-0.2, -0.15) is 5.26 Å². The molecule has 2 aromatic carbocycles. The number of carbonyl (C=O) groups is 1. The molecule has 0 saturated heterocycles. The topological polar surface area (TPSA) is 127 Å². The Morgan fingerprint density at radius 3 is 2.64 bits per heavy atom. The molecule has 9 heteroatoms. The van der Waals surface area contributed by atoms with E-state index in [0.29, 0.717) is 30.3 Å². The second-order valence-corrected chi connectivity index (χ2v) is 5.83. The number of amides is 1. The number of benzene rings is 2. The van der Waals surface area contributed by atoms with E-state index in [9.17, 15) is 20.2 Å². The van der Waals surface area contributed by atoms with E-state index < -0.39 is 10.8 Å². The maximum atomic E-state index is 12.2. The standard InChI is InChI=1S/C19H16N4O5/c20-9-13(19(24)22-14-5-7-15(8-6-14)23(25)26)10-21-11-16-12-27-17-3-1-2-4-18(17)28-16/h1-8,10,16,21H,11-12H2,(H,22,24)/b13-10-. The fraction of sp³-hybridized carbons (Fsp3) is 0.158. The van der Waals surface area contributed by atoms with E-state index in [4.69, 9.17) is 9.47 Å². The van der Waals surface area contributed by atoms with Crippen LogP contribution in [-0.2, 0) is 4.79 Å². The normalized spacial score (nSPS) is 15.2. The quantitative estimate of drug-likeness (QED) is 0.341. The second-order valence-electron chi connectivity index (χ2n) is 5.83. The summed E-state index contributed by atoms with van der Waals surface area (Å²) in [6, 6.07) is 14.4. The van der Waals surface area contributed by atoms with Crippen molar-refractivity contribution in [3.05, 3.63) is 70.4 Å². The maximum absolute atomic E-state index is 12.2. The van der Waals surface area contributed by atoms with E-state index in [1.165, 1.54) is 30.5 Å². The number of nitrogens with zero attached hydrogens (tertiary/aromatic N) is 2. The molecule has 0 bridgehead atoms. The molecule has 2 N–H and O–H groups in total. The molecule has 28 heavy (non-hydrogen) atoms. The number of para-hydroxylation sites is 2. The highest BCUT2D eigenvalue weighted by Gasteiger charge is 2.20. The van der Waals surface area contributed by atoms with E-state index in [2.05, 4.69) is 10.6 Å². The first kappa shape index (κ1) is 18.7. The van der Waals surface area contributed by atoms with E-state index in [1.807, 2.05) is 24.3 Å².